The van der Waals surface area contributed by atoms with E-state index in [9.17, 15) is 5.11 Å². The van der Waals surface area contributed by atoms with Crippen LogP contribution in [-0.2, 0) is 15.3 Å². The van der Waals surface area contributed by atoms with Crippen molar-refractivity contribution in [3.63, 3.8) is 0 Å². The molecule has 3 N–H and O–H groups in total. The lowest BCUT2D eigenvalue weighted by atomic mass is 9.92. The minimum atomic E-state index is -1.15. The van der Waals surface area contributed by atoms with Crippen molar-refractivity contribution in [2.75, 3.05) is 21.3 Å². The predicted molar refractivity (Wildman–Crippen MR) is 92.8 cm³/mol. The van der Waals surface area contributed by atoms with Gasteiger partial charge in [-0.05, 0) is 30.7 Å². The van der Waals surface area contributed by atoms with Crippen molar-refractivity contribution in [3.8, 4) is 5.75 Å². The summed E-state index contributed by atoms with van der Waals surface area (Å²) < 4.78 is 17.0. The molecular formula is C19H25NO4. The normalized spacial score (nSPS) is 14.2. The van der Waals surface area contributed by atoms with E-state index < -0.39 is 11.9 Å². The molecule has 0 aliphatic rings. The minimum absolute atomic E-state index is 0.383. The largest absolute Gasteiger partial charge is 0.496 e. The molecule has 2 atom stereocenters. The first-order valence-corrected chi connectivity index (χ1v) is 7.78. The van der Waals surface area contributed by atoms with Crippen LogP contribution in [0.25, 0.3) is 0 Å². The molecule has 5 heteroatoms. The van der Waals surface area contributed by atoms with E-state index in [1.165, 1.54) is 0 Å². The van der Waals surface area contributed by atoms with Gasteiger partial charge in [0, 0.05) is 25.8 Å². The standard InChI is InChI=1S/C19H25NO4/c1-13(20)18(21)14-8-7-9-15(12-14)19(23-3,24-4)16-10-5-6-11-17(16)22-2/h5-13,18,21H,20H2,1-4H3. The summed E-state index contributed by atoms with van der Waals surface area (Å²) in [4.78, 5) is 0. The Labute approximate surface area is 143 Å². The maximum Gasteiger partial charge on any atom is 0.225 e. The van der Waals surface area contributed by atoms with Gasteiger partial charge in [-0.3, -0.25) is 0 Å². The van der Waals surface area contributed by atoms with E-state index in [2.05, 4.69) is 0 Å². The van der Waals surface area contributed by atoms with Crippen LogP contribution in [0.15, 0.2) is 48.5 Å². The molecule has 130 valence electrons. The molecule has 0 aliphatic carbocycles. The summed E-state index contributed by atoms with van der Waals surface area (Å²) in [6, 6.07) is 14.5. The number of aliphatic hydroxyl groups excluding tert-OH is 1. The van der Waals surface area contributed by atoms with E-state index in [0.717, 1.165) is 11.1 Å². The quantitative estimate of drug-likeness (QED) is 0.763. The highest BCUT2D eigenvalue weighted by Gasteiger charge is 2.37. The number of ether oxygens (including phenoxy) is 3. The fourth-order valence-electron chi connectivity index (χ4n) is 2.84. The van der Waals surface area contributed by atoms with Gasteiger partial charge >= 0.3 is 0 Å². The summed E-state index contributed by atoms with van der Waals surface area (Å²) in [5, 5.41) is 10.3. The Kier molecular flexibility index (Phi) is 5.96. The molecule has 0 saturated heterocycles. The highest BCUT2D eigenvalue weighted by Crippen LogP contribution is 2.39. The Balaban J connectivity index is 2.61. The smallest absolute Gasteiger partial charge is 0.225 e. The second-order valence-electron chi connectivity index (χ2n) is 5.65. The van der Waals surface area contributed by atoms with Crippen LogP contribution in [0.4, 0.5) is 0 Å². The number of aliphatic hydroxyl groups is 1. The van der Waals surface area contributed by atoms with Crippen LogP contribution >= 0.6 is 0 Å². The maximum atomic E-state index is 10.3. The molecule has 0 spiro atoms. The summed E-state index contributed by atoms with van der Waals surface area (Å²) in [6.45, 7) is 1.76. The van der Waals surface area contributed by atoms with Gasteiger partial charge in [-0.15, -0.1) is 0 Å². The molecule has 0 aromatic heterocycles. The lowest BCUT2D eigenvalue weighted by molar-refractivity contribution is -0.184. The van der Waals surface area contributed by atoms with Crippen molar-refractivity contribution in [1.29, 1.82) is 0 Å². The van der Waals surface area contributed by atoms with Crippen LogP contribution in [0, 0.1) is 0 Å². The van der Waals surface area contributed by atoms with Gasteiger partial charge in [-0.1, -0.05) is 30.3 Å². The second kappa shape index (κ2) is 7.77. The first-order valence-electron chi connectivity index (χ1n) is 7.78. The Morgan fingerprint density at radius 3 is 2.25 bits per heavy atom. The summed E-state index contributed by atoms with van der Waals surface area (Å²) >= 11 is 0. The average molecular weight is 331 g/mol. The molecule has 2 aromatic carbocycles. The van der Waals surface area contributed by atoms with E-state index in [-0.39, 0.29) is 6.04 Å². The molecule has 0 amide bonds. The molecule has 24 heavy (non-hydrogen) atoms. The monoisotopic (exact) mass is 331 g/mol. The van der Waals surface area contributed by atoms with Crippen LogP contribution in [0.3, 0.4) is 0 Å². The fraction of sp³-hybridized carbons (Fsp3) is 0.368. The zero-order valence-electron chi connectivity index (χ0n) is 14.5. The maximum absolute atomic E-state index is 10.3. The van der Waals surface area contributed by atoms with Crippen molar-refractivity contribution in [2.24, 2.45) is 5.73 Å². The van der Waals surface area contributed by atoms with Crippen LogP contribution in [0.5, 0.6) is 5.75 Å². The van der Waals surface area contributed by atoms with Gasteiger partial charge in [0.15, 0.2) is 0 Å². The minimum Gasteiger partial charge on any atom is -0.496 e. The van der Waals surface area contributed by atoms with Gasteiger partial charge in [0.2, 0.25) is 5.79 Å². The predicted octanol–water partition coefficient (Wildman–Crippen LogP) is 2.57. The molecule has 2 rings (SSSR count). The molecule has 0 heterocycles. The van der Waals surface area contributed by atoms with Gasteiger partial charge in [-0.2, -0.15) is 0 Å². The van der Waals surface area contributed by atoms with Crippen molar-refractivity contribution in [3.05, 3.63) is 65.2 Å². The summed E-state index contributed by atoms with van der Waals surface area (Å²) in [5.74, 6) is -0.500. The molecule has 0 bridgehead atoms. The van der Waals surface area contributed by atoms with E-state index in [1.807, 2.05) is 48.5 Å². The molecule has 0 aliphatic heterocycles. The van der Waals surface area contributed by atoms with Crippen molar-refractivity contribution in [2.45, 2.75) is 24.9 Å². The summed E-state index contributed by atoms with van der Waals surface area (Å²) in [6.07, 6.45) is -0.769. The molecular weight excluding hydrogens is 306 g/mol. The fourth-order valence-corrected chi connectivity index (χ4v) is 2.84. The zero-order chi connectivity index (χ0) is 17.7. The zero-order valence-corrected chi connectivity index (χ0v) is 14.5. The lowest BCUT2D eigenvalue weighted by Crippen LogP contribution is -2.33. The highest BCUT2D eigenvalue weighted by molar-refractivity contribution is 5.44. The van der Waals surface area contributed by atoms with Crippen molar-refractivity contribution in [1.82, 2.24) is 0 Å². The highest BCUT2D eigenvalue weighted by atomic mass is 16.7. The van der Waals surface area contributed by atoms with Gasteiger partial charge in [-0.25, -0.2) is 0 Å². The first kappa shape index (κ1) is 18.4. The summed E-state index contributed by atoms with van der Waals surface area (Å²) in [7, 11) is 4.75. The van der Waals surface area contributed by atoms with Crippen LogP contribution < -0.4 is 10.5 Å². The number of methoxy groups -OCH3 is 3. The Hall–Kier alpha value is -1.92. The third-order valence-corrected chi connectivity index (χ3v) is 4.14. The Morgan fingerprint density at radius 1 is 1.00 bits per heavy atom. The number of hydrogen-bond donors (Lipinski definition) is 2. The van der Waals surface area contributed by atoms with Gasteiger partial charge < -0.3 is 25.1 Å². The molecule has 2 unspecified atom stereocenters. The third kappa shape index (κ3) is 3.30. The summed E-state index contributed by atoms with van der Waals surface area (Å²) in [5.41, 5.74) is 8.01. The van der Waals surface area contributed by atoms with Gasteiger partial charge in [0.05, 0.1) is 18.8 Å². The van der Waals surface area contributed by atoms with Crippen LogP contribution in [0.2, 0.25) is 0 Å². The second-order valence-corrected chi connectivity index (χ2v) is 5.65. The molecule has 2 aromatic rings. The van der Waals surface area contributed by atoms with Crippen LogP contribution in [-0.4, -0.2) is 32.5 Å². The number of para-hydroxylation sites is 1. The SMILES string of the molecule is COc1ccccc1C(OC)(OC)c1cccc(C(O)C(C)N)c1. The topological polar surface area (TPSA) is 73.9 Å². The lowest BCUT2D eigenvalue weighted by Gasteiger charge is -2.33. The Morgan fingerprint density at radius 2 is 1.67 bits per heavy atom. The van der Waals surface area contributed by atoms with E-state index in [0.29, 0.717) is 11.3 Å². The van der Waals surface area contributed by atoms with Gasteiger partial charge in [0.25, 0.3) is 0 Å². The van der Waals surface area contributed by atoms with Crippen molar-refractivity contribution >= 4 is 0 Å². The number of benzene rings is 2. The average Bonchev–Trinajstić information content (AvgIpc) is 2.63. The molecule has 0 fully saturated rings. The molecule has 0 radical (unpaired) electrons. The molecule has 0 saturated carbocycles. The van der Waals surface area contributed by atoms with Crippen LogP contribution in [0.1, 0.15) is 29.7 Å². The van der Waals surface area contributed by atoms with Crippen molar-refractivity contribution < 1.29 is 19.3 Å². The number of rotatable bonds is 7. The number of hydrogen-bond acceptors (Lipinski definition) is 5. The first-order chi connectivity index (χ1) is 11.5. The van der Waals surface area contributed by atoms with E-state index in [4.69, 9.17) is 19.9 Å². The molecule has 5 nitrogen and oxygen atoms in total. The Bertz CT molecular complexity index is 668. The number of nitrogens with two attached hydrogens (primary N) is 1. The third-order valence-electron chi connectivity index (χ3n) is 4.14. The van der Waals surface area contributed by atoms with E-state index in [1.54, 1.807) is 28.3 Å². The van der Waals surface area contributed by atoms with Gasteiger partial charge in [0.1, 0.15) is 5.75 Å². The van der Waals surface area contributed by atoms with E-state index >= 15 is 0 Å².